The molecule has 2 aliphatic rings. The van der Waals surface area contributed by atoms with Crippen molar-refractivity contribution < 1.29 is 18.3 Å². The molecule has 0 aliphatic heterocycles. The van der Waals surface area contributed by atoms with Crippen LogP contribution in [-0.2, 0) is 6.42 Å². The number of hydrogen-bond donors (Lipinski definition) is 2. The van der Waals surface area contributed by atoms with Crippen molar-refractivity contribution in [1.29, 1.82) is 0 Å². The Balaban J connectivity index is 1.71. The van der Waals surface area contributed by atoms with Gasteiger partial charge in [-0.15, -0.1) is 0 Å². The maximum Gasteiger partial charge on any atom is 0.248 e. The molecule has 154 valence electrons. The summed E-state index contributed by atoms with van der Waals surface area (Å²) in [4.78, 5) is 9.09. The zero-order valence-corrected chi connectivity index (χ0v) is 16.1. The zero-order chi connectivity index (χ0) is 20.6. The Morgan fingerprint density at radius 2 is 1.83 bits per heavy atom. The van der Waals surface area contributed by atoms with Crippen molar-refractivity contribution in [3.8, 4) is 11.3 Å². The number of alkyl halides is 2. The molecule has 1 aromatic heterocycles. The van der Waals surface area contributed by atoms with Crippen molar-refractivity contribution in [1.82, 2.24) is 9.97 Å². The molecule has 0 amide bonds. The highest BCUT2D eigenvalue weighted by Crippen LogP contribution is 2.39. The number of rotatable bonds is 4. The Hall–Kier alpha value is -2.57. The van der Waals surface area contributed by atoms with Crippen molar-refractivity contribution in [3.05, 3.63) is 47.0 Å². The molecule has 0 spiro atoms. The van der Waals surface area contributed by atoms with Crippen LogP contribution in [0.15, 0.2) is 29.8 Å². The summed E-state index contributed by atoms with van der Waals surface area (Å²) in [5.41, 5.74) is 8.97. The summed E-state index contributed by atoms with van der Waals surface area (Å²) >= 11 is 0. The van der Waals surface area contributed by atoms with Crippen LogP contribution in [-0.4, -0.2) is 21.0 Å². The predicted molar refractivity (Wildman–Crippen MR) is 106 cm³/mol. The molecule has 2 saturated carbocycles. The number of hydrogen-bond acceptors (Lipinski definition) is 4. The van der Waals surface area contributed by atoms with Crippen LogP contribution in [0.2, 0.25) is 0 Å². The molecule has 1 heterocycles. The first-order valence-corrected chi connectivity index (χ1v) is 10.0. The van der Waals surface area contributed by atoms with Crippen LogP contribution in [0.1, 0.15) is 56.3 Å². The Labute approximate surface area is 167 Å². The van der Waals surface area contributed by atoms with E-state index in [9.17, 15) is 18.3 Å². The minimum Gasteiger partial charge on any atom is -0.506 e. The second-order valence-electron chi connectivity index (χ2n) is 8.07. The summed E-state index contributed by atoms with van der Waals surface area (Å²) in [6.07, 6.45) is 3.44. The molecule has 4 rings (SSSR count). The molecule has 1 unspecified atom stereocenters. The van der Waals surface area contributed by atoms with Gasteiger partial charge in [-0.25, -0.2) is 23.1 Å². The van der Waals surface area contributed by atoms with Gasteiger partial charge in [-0.05, 0) is 74.3 Å². The van der Waals surface area contributed by atoms with E-state index in [2.05, 4.69) is 9.97 Å². The van der Waals surface area contributed by atoms with Gasteiger partial charge in [0.25, 0.3) is 0 Å². The lowest BCUT2D eigenvalue weighted by Gasteiger charge is -2.18. The quantitative estimate of drug-likeness (QED) is 0.508. The first-order chi connectivity index (χ1) is 13.8. The van der Waals surface area contributed by atoms with E-state index in [4.69, 9.17) is 5.73 Å². The largest absolute Gasteiger partial charge is 0.506 e. The van der Waals surface area contributed by atoms with Crippen LogP contribution < -0.4 is 5.73 Å². The topological polar surface area (TPSA) is 72.0 Å². The SMILES string of the molecule is Nc1nc(CC2CCCC(F)(F)CC2)c(-c2ccc(F)cc2)nc1C(O)=C1CC1. The van der Waals surface area contributed by atoms with Crippen molar-refractivity contribution in [2.24, 2.45) is 5.92 Å². The van der Waals surface area contributed by atoms with E-state index < -0.39 is 5.92 Å². The van der Waals surface area contributed by atoms with Gasteiger partial charge in [0, 0.05) is 18.4 Å². The van der Waals surface area contributed by atoms with Crippen LogP contribution in [0.5, 0.6) is 0 Å². The molecule has 2 aliphatic carbocycles. The van der Waals surface area contributed by atoms with Gasteiger partial charge in [0.05, 0.1) is 11.4 Å². The highest BCUT2D eigenvalue weighted by Gasteiger charge is 2.33. The number of aromatic nitrogens is 2. The van der Waals surface area contributed by atoms with Gasteiger partial charge in [0.1, 0.15) is 17.3 Å². The van der Waals surface area contributed by atoms with E-state index >= 15 is 0 Å². The van der Waals surface area contributed by atoms with E-state index in [-0.39, 0.29) is 41.8 Å². The standard InChI is InChI=1S/C22H24F3N3O/c23-16-7-5-14(6-8-16)18-17(12-13-2-1-10-22(24,25)11-9-13)27-21(26)19(28-18)20(29)15-3-4-15/h5-8,13,29H,1-4,9-12H2,(H2,26,27). The number of anilines is 1. The third kappa shape index (κ3) is 4.54. The molecule has 0 radical (unpaired) electrons. The minimum atomic E-state index is -2.61. The Morgan fingerprint density at radius 3 is 2.52 bits per heavy atom. The van der Waals surface area contributed by atoms with Crippen LogP contribution in [0.25, 0.3) is 17.0 Å². The number of benzene rings is 1. The second kappa shape index (κ2) is 7.69. The van der Waals surface area contributed by atoms with E-state index in [0.717, 1.165) is 18.4 Å². The highest BCUT2D eigenvalue weighted by molar-refractivity contribution is 5.73. The summed E-state index contributed by atoms with van der Waals surface area (Å²) in [7, 11) is 0. The molecule has 29 heavy (non-hydrogen) atoms. The summed E-state index contributed by atoms with van der Waals surface area (Å²) in [5.74, 6) is -2.74. The number of aliphatic hydroxyl groups excluding tert-OH is 1. The van der Waals surface area contributed by atoms with Crippen LogP contribution >= 0.6 is 0 Å². The zero-order valence-electron chi connectivity index (χ0n) is 16.1. The van der Waals surface area contributed by atoms with E-state index in [1.807, 2.05) is 0 Å². The minimum absolute atomic E-state index is 0.0532. The fourth-order valence-corrected chi connectivity index (χ4v) is 3.92. The molecule has 0 saturated heterocycles. The number of allylic oxidation sites excluding steroid dienone is 1. The molecule has 7 heteroatoms. The van der Waals surface area contributed by atoms with Crippen molar-refractivity contribution in [3.63, 3.8) is 0 Å². The second-order valence-corrected chi connectivity index (χ2v) is 8.07. The molecule has 2 aromatic rings. The summed E-state index contributed by atoms with van der Waals surface area (Å²) in [6, 6.07) is 5.88. The maximum absolute atomic E-state index is 13.7. The van der Waals surface area contributed by atoms with Crippen molar-refractivity contribution >= 4 is 11.6 Å². The van der Waals surface area contributed by atoms with Crippen LogP contribution in [0.3, 0.4) is 0 Å². The molecule has 0 bridgehead atoms. The monoisotopic (exact) mass is 403 g/mol. The van der Waals surface area contributed by atoms with Gasteiger partial charge < -0.3 is 10.8 Å². The summed E-state index contributed by atoms with van der Waals surface area (Å²) < 4.78 is 40.9. The third-order valence-electron chi connectivity index (χ3n) is 5.73. The lowest BCUT2D eigenvalue weighted by atomic mass is 9.92. The van der Waals surface area contributed by atoms with E-state index in [1.54, 1.807) is 12.1 Å². The van der Waals surface area contributed by atoms with E-state index in [0.29, 0.717) is 42.6 Å². The fourth-order valence-electron chi connectivity index (χ4n) is 3.92. The maximum atomic E-state index is 13.7. The smallest absolute Gasteiger partial charge is 0.248 e. The number of aliphatic hydroxyl groups is 1. The van der Waals surface area contributed by atoms with Gasteiger partial charge in [0.2, 0.25) is 5.92 Å². The molecule has 1 aromatic carbocycles. The molecular weight excluding hydrogens is 379 g/mol. The summed E-state index contributed by atoms with van der Waals surface area (Å²) in [6.45, 7) is 0. The first kappa shape index (κ1) is 19.7. The van der Waals surface area contributed by atoms with Gasteiger partial charge in [0.15, 0.2) is 5.82 Å². The van der Waals surface area contributed by atoms with E-state index in [1.165, 1.54) is 12.1 Å². The van der Waals surface area contributed by atoms with Crippen LogP contribution in [0.4, 0.5) is 19.0 Å². The van der Waals surface area contributed by atoms with Crippen LogP contribution in [0, 0.1) is 11.7 Å². The molecule has 4 nitrogen and oxygen atoms in total. The number of nitrogen functional groups attached to an aromatic ring is 1. The summed E-state index contributed by atoms with van der Waals surface area (Å²) in [5, 5.41) is 10.4. The molecular formula is C22H24F3N3O. The molecule has 3 N–H and O–H groups in total. The average Bonchev–Trinajstić information content (AvgIpc) is 3.52. The van der Waals surface area contributed by atoms with Crippen molar-refractivity contribution in [2.45, 2.75) is 57.3 Å². The predicted octanol–water partition coefficient (Wildman–Crippen LogP) is 5.69. The lowest BCUT2D eigenvalue weighted by Crippen LogP contribution is -2.15. The molecule has 1 atom stereocenters. The number of nitrogens with zero attached hydrogens (tertiary/aromatic N) is 2. The highest BCUT2D eigenvalue weighted by atomic mass is 19.3. The normalized spacial score (nSPS) is 20.9. The number of halogens is 3. The van der Waals surface area contributed by atoms with Gasteiger partial charge in [-0.1, -0.05) is 0 Å². The Morgan fingerprint density at radius 1 is 1.10 bits per heavy atom. The average molecular weight is 403 g/mol. The van der Waals surface area contributed by atoms with Crippen molar-refractivity contribution in [2.75, 3.05) is 5.73 Å². The molecule has 2 fully saturated rings. The Bertz CT molecular complexity index is 935. The first-order valence-electron chi connectivity index (χ1n) is 10.0. The fraction of sp³-hybridized carbons (Fsp3) is 0.455. The Kier molecular flexibility index (Phi) is 5.23. The van der Waals surface area contributed by atoms with Gasteiger partial charge >= 0.3 is 0 Å². The van der Waals surface area contributed by atoms with Gasteiger partial charge in [-0.2, -0.15) is 0 Å². The number of nitrogens with two attached hydrogens (primary N) is 1. The third-order valence-corrected chi connectivity index (χ3v) is 5.73. The van der Waals surface area contributed by atoms with Gasteiger partial charge in [-0.3, -0.25) is 0 Å². The lowest BCUT2D eigenvalue weighted by molar-refractivity contribution is -0.0148.